The lowest BCUT2D eigenvalue weighted by Crippen LogP contribution is -1.97. The second-order valence-corrected chi connectivity index (χ2v) is 3.68. The van der Waals surface area contributed by atoms with E-state index in [9.17, 15) is 4.39 Å². The van der Waals surface area contributed by atoms with Crippen LogP contribution in [0.3, 0.4) is 0 Å². The Morgan fingerprint density at radius 3 is 2.94 bits per heavy atom. The first kappa shape index (κ1) is 10.8. The fourth-order valence-corrected chi connectivity index (χ4v) is 1.55. The Labute approximate surface area is 93.2 Å². The van der Waals surface area contributed by atoms with E-state index < -0.39 is 0 Å². The number of hydrogen-bond acceptors (Lipinski definition) is 2. The fraction of sp³-hybridized carbons (Fsp3) is 0.250. The zero-order valence-corrected chi connectivity index (χ0v) is 9.02. The average Bonchev–Trinajstić information content (AvgIpc) is 2.71. The van der Waals surface area contributed by atoms with E-state index in [0.717, 1.165) is 11.3 Å². The van der Waals surface area contributed by atoms with Gasteiger partial charge in [-0.15, -0.1) is 0 Å². The molecule has 16 heavy (non-hydrogen) atoms. The minimum atomic E-state index is -0.210. The molecule has 3 nitrogen and oxygen atoms in total. The van der Waals surface area contributed by atoms with E-state index in [4.69, 9.17) is 5.11 Å². The number of aryl methyl sites for hydroxylation is 1. The first-order chi connectivity index (χ1) is 7.70. The molecule has 1 N–H and O–H groups in total. The molecule has 0 amide bonds. The highest BCUT2D eigenvalue weighted by molar-refractivity contribution is 5.59. The van der Waals surface area contributed by atoms with Crippen molar-refractivity contribution in [1.29, 1.82) is 0 Å². The number of nitrogens with zero attached hydrogens (tertiary/aromatic N) is 2. The van der Waals surface area contributed by atoms with Crippen molar-refractivity contribution in [3.05, 3.63) is 42.1 Å². The van der Waals surface area contributed by atoms with Gasteiger partial charge >= 0.3 is 0 Å². The standard InChI is InChI=1S/C12H13FN2O/c1-9-6-10(2-3-11(9)13)12-7-15(4-5-16)8-14-12/h2-3,6-8,16H,4-5H2,1H3. The van der Waals surface area contributed by atoms with Gasteiger partial charge in [-0.1, -0.05) is 0 Å². The summed E-state index contributed by atoms with van der Waals surface area (Å²) in [6, 6.07) is 4.91. The minimum absolute atomic E-state index is 0.0816. The molecule has 0 unspecified atom stereocenters. The molecule has 0 aliphatic carbocycles. The van der Waals surface area contributed by atoms with Crippen LogP contribution in [0.4, 0.5) is 4.39 Å². The van der Waals surface area contributed by atoms with Crippen molar-refractivity contribution >= 4 is 0 Å². The summed E-state index contributed by atoms with van der Waals surface area (Å²) in [5.41, 5.74) is 2.28. The predicted octanol–water partition coefficient (Wildman–Crippen LogP) is 1.99. The SMILES string of the molecule is Cc1cc(-c2cn(CCO)cn2)ccc1F. The number of imidazole rings is 1. The number of aromatic nitrogens is 2. The van der Waals surface area contributed by atoms with Gasteiger partial charge in [-0.05, 0) is 30.7 Å². The molecule has 0 radical (unpaired) electrons. The van der Waals surface area contributed by atoms with Gasteiger partial charge < -0.3 is 9.67 Å². The van der Waals surface area contributed by atoms with Crippen LogP contribution in [0.2, 0.25) is 0 Å². The Bertz CT molecular complexity index is 494. The van der Waals surface area contributed by atoms with Gasteiger partial charge in [0.1, 0.15) is 5.82 Å². The molecule has 0 aliphatic heterocycles. The average molecular weight is 220 g/mol. The first-order valence-corrected chi connectivity index (χ1v) is 5.10. The maximum atomic E-state index is 13.1. The Hall–Kier alpha value is -1.68. The van der Waals surface area contributed by atoms with Crippen LogP contribution in [-0.2, 0) is 6.54 Å². The molecule has 1 heterocycles. The maximum Gasteiger partial charge on any atom is 0.126 e. The van der Waals surface area contributed by atoms with Gasteiger partial charge in [-0.25, -0.2) is 9.37 Å². The third-order valence-corrected chi connectivity index (χ3v) is 2.45. The smallest absolute Gasteiger partial charge is 0.126 e. The Kier molecular flexibility index (Phi) is 3.01. The number of rotatable bonds is 3. The van der Waals surface area contributed by atoms with Gasteiger partial charge in [0.05, 0.1) is 18.6 Å². The molecule has 0 aliphatic rings. The Balaban J connectivity index is 2.31. The number of halogens is 1. The third kappa shape index (κ3) is 2.12. The summed E-state index contributed by atoms with van der Waals surface area (Å²) in [6.07, 6.45) is 3.49. The lowest BCUT2D eigenvalue weighted by Gasteiger charge is -2.00. The molecule has 1 aromatic carbocycles. The lowest BCUT2D eigenvalue weighted by molar-refractivity contribution is 0.276. The monoisotopic (exact) mass is 220 g/mol. The predicted molar refractivity (Wildman–Crippen MR) is 59.4 cm³/mol. The molecule has 0 bridgehead atoms. The second-order valence-electron chi connectivity index (χ2n) is 3.68. The van der Waals surface area contributed by atoms with Crippen LogP contribution in [0.25, 0.3) is 11.3 Å². The molecule has 0 atom stereocenters. The fourth-order valence-electron chi connectivity index (χ4n) is 1.55. The summed E-state index contributed by atoms with van der Waals surface area (Å²) in [5, 5.41) is 8.78. The van der Waals surface area contributed by atoms with Crippen molar-refractivity contribution < 1.29 is 9.50 Å². The molecule has 0 saturated carbocycles. The van der Waals surface area contributed by atoms with E-state index in [1.165, 1.54) is 6.07 Å². The van der Waals surface area contributed by atoms with Crippen LogP contribution in [0.1, 0.15) is 5.56 Å². The topological polar surface area (TPSA) is 38.0 Å². The van der Waals surface area contributed by atoms with Crippen LogP contribution < -0.4 is 0 Å². The molecule has 2 rings (SSSR count). The number of aliphatic hydroxyl groups is 1. The highest BCUT2D eigenvalue weighted by Gasteiger charge is 2.04. The maximum absolute atomic E-state index is 13.1. The summed E-state index contributed by atoms with van der Waals surface area (Å²) < 4.78 is 14.9. The highest BCUT2D eigenvalue weighted by Crippen LogP contribution is 2.19. The van der Waals surface area contributed by atoms with Crippen molar-refractivity contribution in [3.8, 4) is 11.3 Å². The van der Waals surface area contributed by atoms with Gasteiger partial charge in [-0.3, -0.25) is 0 Å². The van der Waals surface area contributed by atoms with Crippen LogP contribution in [-0.4, -0.2) is 21.3 Å². The third-order valence-electron chi connectivity index (χ3n) is 2.45. The van der Waals surface area contributed by atoms with Crippen molar-refractivity contribution in [2.45, 2.75) is 13.5 Å². The van der Waals surface area contributed by atoms with E-state index >= 15 is 0 Å². The zero-order valence-electron chi connectivity index (χ0n) is 9.02. The summed E-state index contributed by atoms with van der Waals surface area (Å²) >= 11 is 0. The molecule has 1 aromatic heterocycles. The lowest BCUT2D eigenvalue weighted by atomic mass is 10.1. The molecular weight excluding hydrogens is 207 g/mol. The first-order valence-electron chi connectivity index (χ1n) is 5.10. The van der Waals surface area contributed by atoms with E-state index in [0.29, 0.717) is 12.1 Å². The van der Waals surface area contributed by atoms with Crippen molar-refractivity contribution in [1.82, 2.24) is 9.55 Å². The molecule has 2 aromatic rings. The minimum Gasteiger partial charge on any atom is -0.395 e. The number of benzene rings is 1. The van der Waals surface area contributed by atoms with Gasteiger partial charge in [0.15, 0.2) is 0 Å². The molecule has 0 spiro atoms. The van der Waals surface area contributed by atoms with Crippen molar-refractivity contribution in [2.24, 2.45) is 0 Å². The molecule has 0 saturated heterocycles. The number of hydrogen-bond donors (Lipinski definition) is 1. The van der Waals surface area contributed by atoms with Crippen LogP contribution in [0, 0.1) is 12.7 Å². The summed E-state index contributed by atoms with van der Waals surface area (Å²) in [7, 11) is 0. The highest BCUT2D eigenvalue weighted by atomic mass is 19.1. The normalized spacial score (nSPS) is 10.7. The quantitative estimate of drug-likeness (QED) is 0.859. The van der Waals surface area contributed by atoms with Gasteiger partial charge in [0, 0.05) is 18.3 Å². The summed E-state index contributed by atoms with van der Waals surface area (Å²) in [4.78, 5) is 4.21. The van der Waals surface area contributed by atoms with Crippen LogP contribution in [0.15, 0.2) is 30.7 Å². The summed E-state index contributed by atoms with van der Waals surface area (Å²) in [5.74, 6) is -0.210. The molecular formula is C12H13FN2O. The Morgan fingerprint density at radius 1 is 1.44 bits per heavy atom. The van der Waals surface area contributed by atoms with Gasteiger partial charge in [0.2, 0.25) is 0 Å². The molecule has 0 fully saturated rings. The van der Waals surface area contributed by atoms with Crippen LogP contribution >= 0.6 is 0 Å². The van der Waals surface area contributed by atoms with E-state index in [2.05, 4.69) is 4.98 Å². The summed E-state index contributed by atoms with van der Waals surface area (Å²) in [6.45, 7) is 2.33. The van der Waals surface area contributed by atoms with E-state index in [1.54, 1.807) is 30.0 Å². The van der Waals surface area contributed by atoms with Crippen molar-refractivity contribution in [3.63, 3.8) is 0 Å². The largest absolute Gasteiger partial charge is 0.395 e. The Morgan fingerprint density at radius 2 is 2.25 bits per heavy atom. The zero-order chi connectivity index (χ0) is 11.5. The number of aliphatic hydroxyl groups excluding tert-OH is 1. The van der Waals surface area contributed by atoms with Crippen molar-refractivity contribution in [2.75, 3.05) is 6.61 Å². The van der Waals surface area contributed by atoms with E-state index in [-0.39, 0.29) is 12.4 Å². The van der Waals surface area contributed by atoms with E-state index in [1.807, 2.05) is 6.20 Å². The second kappa shape index (κ2) is 4.45. The molecule has 84 valence electrons. The van der Waals surface area contributed by atoms with Crippen LogP contribution in [0.5, 0.6) is 0 Å². The molecule has 4 heteroatoms. The van der Waals surface area contributed by atoms with Gasteiger partial charge in [0.25, 0.3) is 0 Å². The van der Waals surface area contributed by atoms with Gasteiger partial charge in [-0.2, -0.15) is 0 Å².